The van der Waals surface area contributed by atoms with Gasteiger partial charge < -0.3 is 9.52 Å². The molecule has 0 atom stereocenters. The topological polar surface area (TPSA) is 50.4 Å². The van der Waals surface area contributed by atoms with Gasteiger partial charge in [0.25, 0.3) is 0 Å². The van der Waals surface area contributed by atoms with Crippen LogP contribution in [0.4, 0.5) is 0 Å². The lowest BCUT2D eigenvalue weighted by molar-refractivity contribution is -0.138. The summed E-state index contributed by atoms with van der Waals surface area (Å²) < 4.78 is 5.46. The molecule has 4 heteroatoms. The average Bonchev–Trinajstić information content (AvgIpc) is 2.80. The van der Waals surface area contributed by atoms with Crippen LogP contribution in [-0.2, 0) is 10.5 Å². The van der Waals surface area contributed by atoms with E-state index in [-0.39, 0.29) is 5.41 Å². The smallest absolute Gasteiger partial charge is 0.303 e. The Morgan fingerprint density at radius 3 is 2.81 bits per heavy atom. The number of hydrogen-bond donors (Lipinski definition) is 1. The predicted molar refractivity (Wildman–Crippen MR) is 63.5 cm³/mol. The van der Waals surface area contributed by atoms with Crippen molar-refractivity contribution in [3.05, 3.63) is 23.7 Å². The van der Waals surface area contributed by atoms with Gasteiger partial charge in [-0.1, -0.05) is 0 Å². The van der Waals surface area contributed by atoms with Crippen molar-refractivity contribution in [2.75, 3.05) is 5.75 Å². The first-order chi connectivity index (χ1) is 7.60. The molecule has 0 amide bonds. The average molecular weight is 240 g/mol. The number of thioether (sulfide) groups is 1. The van der Waals surface area contributed by atoms with E-state index in [0.717, 1.165) is 35.9 Å². The molecule has 1 N–H and O–H groups in total. The molecule has 1 aliphatic carbocycles. The Balaban J connectivity index is 1.74. The number of furan rings is 1. The molecular formula is C12H16O3S. The summed E-state index contributed by atoms with van der Waals surface area (Å²) in [5.74, 6) is 3.01. The molecular weight excluding hydrogens is 224 g/mol. The van der Waals surface area contributed by atoms with Crippen LogP contribution in [0.3, 0.4) is 0 Å². The lowest BCUT2D eigenvalue weighted by Gasteiger charge is -2.10. The molecule has 2 rings (SSSR count). The standard InChI is InChI=1S/C12H16O3S/c1-9-2-3-10(15-9)7-16-8-12(4-5-12)6-11(13)14/h2-3H,4-8H2,1H3,(H,13,14). The quantitative estimate of drug-likeness (QED) is 0.830. The molecule has 0 radical (unpaired) electrons. The van der Waals surface area contributed by atoms with Crippen molar-refractivity contribution in [2.24, 2.45) is 5.41 Å². The Kier molecular flexibility index (Phi) is 3.28. The van der Waals surface area contributed by atoms with Gasteiger partial charge in [-0.3, -0.25) is 4.79 Å². The van der Waals surface area contributed by atoms with Gasteiger partial charge in [0.2, 0.25) is 0 Å². The molecule has 1 aromatic heterocycles. The lowest BCUT2D eigenvalue weighted by atomic mass is 10.1. The highest BCUT2D eigenvalue weighted by atomic mass is 32.2. The molecule has 1 aliphatic rings. The van der Waals surface area contributed by atoms with Crippen LogP contribution in [0.2, 0.25) is 0 Å². The van der Waals surface area contributed by atoms with Gasteiger partial charge >= 0.3 is 5.97 Å². The maximum absolute atomic E-state index is 10.7. The zero-order valence-corrected chi connectivity index (χ0v) is 10.2. The molecule has 0 bridgehead atoms. The molecule has 1 fully saturated rings. The first-order valence-corrected chi connectivity index (χ1v) is 6.60. The summed E-state index contributed by atoms with van der Waals surface area (Å²) in [7, 11) is 0. The summed E-state index contributed by atoms with van der Waals surface area (Å²) in [4.78, 5) is 10.7. The number of hydrogen-bond acceptors (Lipinski definition) is 3. The van der Waals surface area contributed by atoms with Gasteiger partial charge in [-0.15, -0.1) is 0 Å². The minimum absolute atomic E-state index is 0.0815. The number of carboxylic acids is 1. The van der Waals surface area contributed by atoms with E-state index in [1.54, 1.807) is 11.8 Å². The Bertz CT molecular complexity index is 379. The monoisotopic (exact) mass is 240 g/mol. The molecule has 1 heterocycles. The molecule has 0 aromatic carbocycles. The second kappa shape index (κ2) is 4.53. The van der Waals surface area contributed by atoms with E-state index in [4.69, 9.17) is 9.52 Å². The van der Waals surface area contributed by atoms with Crippen LogP contribution in [0.25, 0.3) is 0 Å². The van der Waals surface area contributed by atoms with Gasteiger partial charge in [0.05, 0.1) is 12.2 Å². The van der Waals surface area contributed by atoms with Gasteiger partial charge in [-0.25, -0.2) is 0 Å². The minimum Gasteiger partial charge on any atom is -0.481 e. The molecule has 1 aromatic rings. The van der Waals surface area contributed by atoms with Gasteiger partial charge in [0, 0.05) is 0 Å². The van der Waals surface area contributed by atoms with Crippen LogP contribution in [-0.4, -0.2) is 16.8 Å². The Labute approximate surface area is 99.2 Å². The molecule has 1 saturated carbocycles. The van der Waals surface area contributed by atoms with Crippen molar-refractivity contribution in [1.82, 2.24) is 0 Å². The number of rotatable bonds is 6. The third-order valence-electron chi connectivity index (χ3n) is 2.93. The van der Waals surface area contributed by atoms with E-state index >= 15 is 0 Å². The second-order valence-corrected chi connectivity index (χ2v) is 5.56. The fraction of sp³-hybridized carbons (Fsp3) is 0.583. The number of aliphatic carboxylic acids is 1. The maximum Gasteiger partial charge on any atom is 0.303 e. The highest BCUT2D eigenvalue weighted by Crippen LogP contribution is 2.51. The van der Waals surface area contributed by atoms with E-state index in [1.807, 2.05) is 19.1 Å². The fourth-order valence-corrected chi connectivity index (χ4v) is 3.08. The molecule has 0 spiro atoms. The highest BCUT2D eigenvalue weighted by Gasteiger charge is 2.44. The van der Waals surface area contributed by atoms with Crippen molar-refractivity contribution < 1.29 is 14.3 Å². The SMILES string of the molecule is Cc1ccc(CSCC2(CC(=O)O)CC2)o1. The van der Waals surface area contributed by atoms with Crippen molar-refractivity contribution in [3.63, 3.8) is 0 Å². The number of carbonyl (C=O) groups is 1. The minimum atomic E-state index is -0.674. The Morgan fingerprint density at radius 2 is 2.31 bits per heavy atom. The zero-order chi connectivity index (χ0) is 11.6. The van der Waals surface area contributed by atoms with Crippen molar-refractivity contribution in [1.29, 1.82) is 0 Å². The van der Waals surface area contributed by atoms with E-state index in [2.05, 4.69) is 0 Å². The molecule has 3 nitrogen and oxygen atoms in total. The van der Waals surface area contributed by atoms with Crippen LogP contribution in [0, 0.1) is 12.3 Å². The van der Waals surface area contributed by atoms with Crippen LogP contribution < -0.4 is 0 Å². The third kappa shape index (κ3) is 3.04. The molecule has 16 heavy (non-hydrogen) atoms. The Morgan fingerprint density at radius 1 is 1.56 bits per heavy atom. The first kappa shape index (κ1) is 11.6. The predicted octanol–water partition coefficient (Wildman–Crippen LogP) is 3.08. The summed E-state index contributed by atoms with van der Waals surface area (Å²) in [5.41, 5.74) is 0.0815. The Hall–Kier alpha value is -0.900. The molecule has 0 unspecified atom stereocenters. The van der Waals surface area contributed by atoms with E-state index < -0.39 is 5.97 Å². The van der Waals surface area contributed by atoms with E-state index in [1.165, 1.54) is 0 Å². The van der Waals surface area contributed by atoms with Crippen molar-refractivity contribution in [2.45, 2.75) is 31.9 Å². The first-order valence-electron chi connectivity index (χ1n) is 5.45. The highest BCUT2D eigenvalue weighted by molar-refractivity contribution is 7.98. The second-order valence-electron chi connectivity index (χ2n) is 4.58. The summed E-state index contributed by atoms with van der Waals surface area (Å²) in [6.45, 7) is 1.93. The number of aryl methyl sites for hydroxylation is 1. The summed E-state index contributed by atoms with van der Waals surface area (Å²) >= 11 is 1.77. The third-order valence-corrected chi connectivity index (χ3v) is 4.24. The van der Waals surface area contributed by atoms with Crippen LogP contribution in [0.5, 0.6) is 0 Å². The van der Waals surface area contributed by atoms with E-state index in [0.29, 0.717) is 6.42 Å². The summed E-state index contributed by atoms with van der Waals surface area (Å²) in [6.07, 6.45) is 2.43. The van der Waals surface area contributed by atoms with Gasteiger partial charge in [-0.05, 0) is 43.1 Å². The normalized spacial score (nSPS) is 17.3. The van der Waals surface area contributed by atoms with Crippen molar-refractivity contribution in [3.8, 4) is 0 Å². The lowest BCUT2D eigenvalue weighted by Crippen LogP contribution is -2.11. The van der Waals surface area contributed by atoms with Crippen LogP contribution >= 0.6 is 11.8 Å². The fourth-order valence-electron chi connectivity index (χ4n) is 1.80. The maximum atomic E-state index is 10.7. The van der Waals surface area contributed by atoms with Gasteiger partial charge in [-0.2, -0.15) is 11.8 Å². The van der Waals surface area contributed by atoms with Crippen LogP contribution in [0.15, 0.2) is 16.5 Å². The van der Waals surface area contributed by atoms with Crippen LogP contribution in [0.1, 0.15) is 30.8 Å². The van der Waals surface area contributed by atoms with Gasteiger partial charge in [0.15, 0.2) is 0 Å². The molecule has 0 saturated heterocycles. The van der Waals surface area contributed by atoms with Crippen molar-refractivity contribution >= 4 is 17.7 Å². The molecule has 88 valence electrons. The zero-order valence-electron chi connectivity index (χ0n) is 9.36. The van der Waals surface area contributed by atoms with E-state index in [9.17, 15) is 4.79 Å². The van der Waals surface area contributed by atoms with Gasteiger partial charge in [0.1, 0.15) is 11.5 Å². The summed E-state index contributed by atoms with van der Waals surface area (Å²) in [6, 6.07) is 3.94. The number of carboxylic acid groups (broad SMARTS) is 1. The molecule has 0 aliphatic heterocycles. The summed E-state index contributed by atoms with van der Waals surface area (Å²) in [5, 5.41) is 8.78. The largest absolute Gasteiger partial charge is 0.481 e.